The van der Waals surface area contributed by atoms with E-state index in [1.54, 1.807) is 27.2 Å². The molecule has 1 saturated carbocycles. The molecule has 0 saturated heterocycles. The standard InChI is InChI=1S/C18H29N4O5P/c1-4-26-28(25,5-2)27-11-7-6-10-22-17(23)15-16(20(3)18(22)24)19-13-21(15)12-14-8-9-14/h13-14H,4-12H2,1-3H3. The van der Waals surface area contributed by atoms with E-state index in [0.29, 0.717) is 42.7 Å². The summed E-state index contributed by atoms with van der Waals surface area (Å²) in [7, 11) is -1.39. The highest BCUT2D eigenvalue weighted by atomic mass is 31.2. The molecule has 2 aromatic rings. The van der Waals surface area contributed by atoms with Crippen LogP contribution in [0.15, 0.2) is 15.9 Å². The Hall–Kier alpha value is -1.70. The molecular weight excluding hydrogens is 383 g/mol. The molecule has 156 valence electrons. The first-order chi connectivity index (χ1) is 13.4. The molecule has 1 aliphatic carbocycles. The predicted molar refractivity (Wildman–Crippen MR) is 107 cm³/mol. The Bertz CT molecular complexity index is 988. The maximum absolute atomic E-state index is 12.9. The van der Waals surface area contributed by atoms with Gasteiger partial charge >= 0.3 is 13.3 Å². The Morgan fingerprint density at radius 1 is 1.21 bits per heavy atom. The highest BCUT2D eigenvalue weighted by Crippen LogP contribution is 2.47. The van der Waals surface area contributed by atoms with Crippen molar-refractivity contribution in [2.24, 2.45) is 13.0 Å². The van der Waals surface area contributed by atoms with E-state index in [1.807, 2.05) is 4.57 Å². The van der Waals surface area contributed by atoms with Gasteiger partial charge in [0, 0.05) is 26.3 Å². The van der Waals surface area contributed by atoms with Crippen LogP contribution in [0.1, 0.15) is 39.5 Å². The molecule has 9 nitrogen and oxygen atoms in total. The van der Waals surface area contributed by atoms with E-state index in [-0.39, 0.29) is 24.4 Å². The van der Waals surface area contributed by atoms with Crippen LogP contribution >= 0.6 is 7.60 Å². The van der Waals surface area contributed by atoms with E-state index in [1.165, 1.54) is 22.0 Å². The minimum absolute atomic E-state index is 0.266. The van der Waals surface area contributed by atoms with Crippen molar-refractivity contribution < 1.29 is 13.6 Å². The maximum atomic E-state index is 12.9. The summed E-state index contributed by atoms with van der Waals surface area (Å²) in [5, 5.41) is 0. The van der Waals surface area contributed by atoms with Gasteiger partial charge in [0.25, 0.3) is 5.56 Å². The van der Waals surface area contributed by atoms with Crippen molar-refractivity contribution in [1.29, 1.82) is 0 Å². The van der Waals surface area contributed by atoms with Crippen LogP contribution in [0.3, 0.4) is 0 Å². The molecule has 28 heavy (non-hydrogen) atoms. The number of nitrogens with zero attached hydrogens (tertiary/aromatic N) is 4. The van der Waals surface area contributed by atoms with Gasteiger partial charge in [-0.05, 0) is 38.5 Å². The molecular formula is C18H29N4O5P. The van der Waals surface area contributed by atoms with Crippen molar-refractivity contribution in [2.75, 3.05) is 19.4 Å². The Morgan fingerprint density at radius 3 is 2.61 bits per heavy atom. The largest absolute Gasteiger partial charge is 0.332 e. The molecule has 0 N–H and O–H groups in total. The summed E-state index contributed by atoms with van der Waals surface area (Å²) in [6.07, 6.45) is 5.45. The van der Waals surface area contributed by atoms with Gasteiger partial charge in [-0.2, -0.15) is 0 Å². The molecule has 0 aliphatic heterocycles. The van der Waals surface area contributed by atoms with Crippen LogP contribution in [-0.2, 0) is 33.7 Å². The summed E-state index contributed by atoms with van der Waals surface area (Å²) in [5.41, 5.74) is 0.238. The molecule has 1 aliphatic rings. The van der Waals surface area contributed by atoms with Crippen molar-refractivity contribution >= 4 is 18.8 Å². The lowest BCUT2D eigenvalue weighted by atomic mass is 10.3. The van der Waals surface area contributed by atoms with Gasteiger partial charge in [-0.25, -0.2) is 9.78 Å². The van der Waals surface area contributed by atoms with E-state index < -0.39 is 7.60 Å². The zero-order valence-electron chi connectivity index (χ0n) is 16.8. The summed E-state index contributed by atoms with van der Waals surface area (Å²) >= 11 is 0. The molecule has 2 heterocycles. The Morgan fingerprint density at radius 2 is 1.96 bits per heavy atom. The lowest BCUT2D eigenvalue weighted by Crippen LogP contribution is -2.39. The van der Waals surface area contributed by atoms with Crippen molar-refractivity contribution in [3.63, 3.8) is 0 Å². The van der Waals surface area contributed by atoms with Crippen LogP contribution in [0.5, 0.6) is 0 Å². The van der Waals surface area contributed by atoms with Crippen molar-refractivity contribution in [2.45, 2.75) is 52.6 Å². The number of rotatable bonds is 11. The summed E-state index contributed by atoms with van der Waals surface area (Å²) in [5.74, 6) is 0.597. The van der Waals surface area contributed by atoms with Crippen LogP contribution < -0.4 is 11.2 Å². The molecule has 0 aromatic carbocycles. The van der Waals surface area contributed by atoms with Gasteiger partial charge in [0.05, 0.1) is 19.5 Å². The lowest BCUT2D eigenvalue weighted by Gasteiger charge is -2.16. The second-order valence-corrected chi connectivity index (χ2v) is 9.57. The van der Waals surface area contributed by atoms with Gasteiger partial charge in [0.15, 0.2) is 11.2 Å². The highest BCUT2D eigenvalue weighted by molar-refractivity contribution is 7.53. The molecule has 0 spiro atoms. The Labute approximate surface area is 163 Å². The first kappa shape index (κ1) is 21.0. The Balaban J connectivity index is 1.70. The van der Waals surface area contributed by atoms with Gasteiger partial charge in [-0.3, -0.25) is 18.5 Å². The second-order valence-electron chi connectivity index (χ2n) is 7.20. The SMILES string of the molecule is CCOP(=O)(CC)OCCCCn1c(=O)c2c(ncn2CC2CC2)n(C)c1=O. The average Bonchev–Trinajstić information content (AvgIpc) is 3.39. The molecule has 10 heteroatoms. The first-order valence-corrected chi connectivity index (χ1v) is 11.7. The fourth-order valence-electron chi connectivity index (χ4n) is 3.23. The smallest absolute Gasteiger partial charge is 0.324 e. The lowest BCUT2D eigenvalue weighted by molar-refractivity contribution is 0.208. The maximum Gasteiger partial charge on any atom is 0.332 e. The number of aromatic nitrogens is 4. The zero-order valence-corrected chi connectivity index (χ0v) is 17.7. The summed E-state index contributed by atoms with van der Waals surface area (Å²) < 4.78 is 27.4. The minimum Gasteiger partial charge on any atom is -0.324 e. The van der Waals surface area contributed by atoms with Crippen LogP contribution in [0.25, 0.3) is 11.2 Å². The van der Waals surface area contributed by atoms with E-state index in [2.05, 4.69) is 4.98 Å². The third-order valence-corrected chi connectivity index (χ3v) is 7.03. The van der Waals surface area contributed by atoms with Crippen molar-refractivity contribution in [3.05, 3.63) is 27.2 Å². The third-order valence-electron chi connectivity index (χ3n) is 5.03. The quantitative estimate of drug-likeness (QED) is 0.415. The van der Waals surface area contributed by atoms with Gasteiger partial charge in [0.1, 0.15) is 0 Å². The van der Waals surface area contributed by atoms with Crippen LogP contribution in [0, 0.1) is 5.92 Å². The summed E-state index contributed by atoms with van der Waals surface area (Å²) in [4.78, 5) is 29.8. The molecule has 2 aromatic heterocycles. The fraction of sp³-hybridized carbons (Fsp3) is 0.722. The van der Waals surface area contributed by atoms with Crippen LogP contribution in [0.2, 0.25) is 0 Å². The van der Waals surface area contributed by atoms with Gasteiger partial charge in [0.2, 0.25) is 0 Å². The number of imidazole rings is 1. The van der Waals surface area contributed by atoms with Crippen LogP contribution in [-0.4, -0.2) is 38.1 Å². The molecule has 1 unspecified atom stereocenters. The van der Waals surface area contributed by atoms with E-state index >= 15 is 0 Å². The zero-order chi connectivity index (χ0) is 20.3. The summed E-state index contributed by atoms with van der Waals surface area (Å²) in [6.45, 7) is 5.19. The number of hydrogen-bond acceptors (Lipinski definition) is 6. The molecule has 3 rings (SSSR count). The third kappa shape index (κ3) is 4.47. The van der Waals surface area contributed by atoms with Crippen molar-refractivity contribution in [1.82, 2.24) is 18.7 Å². The average molecular weight is 412 g/mol. The number of aryl methyl sites for hydroxylation is 1. The van der Waals surface area contributed by atoms with E-state index in [4.69, 9.17) is 9.05 Å². The monoisotopic (exact) mass is 412 g/mol. The highest BCUT2D eigenvalue weighted by Gasteiger charge is 2.24. The molecule has 1 fully saturated rings. The van der Waals surface area contributed by atoms with Gasteiger partial charge in [-0.15, -0.1) is 0 Å². The molecule has 0 amide bonds. The topological polar surface area (TPSA) is 97.3 Å². The molecule has 0 radical (unpaired) electrons. The van der Waals surface area contributed by atoms with Gasteiger partial charge in [-0.1, -0.05) is 6.92 Å². The Kier molecular flexibility index (Phi) is 6.58. The molecule has 1 atom stereocenters. The normalized spacial score (nSPS) is 16.5. The van der Waals surface area contributed by atoms with Crippen molar-refractivity contribution in [3.8, 4) is 0 Å². The fourth-order valence-corrected chi connectivity index (χ4v) is 4.47. The van der Waals surface area contributed by atoms with Crippen LogP contribution in [0.4, 0.5) is 0 Å². The van der Waals surface area contributed by atoms with Gasteiger partial charge < -0.3 is 13.6 Å². The first-order valence-electron chi connectivity index (χ1n) is 9.93. The number of hydrogen-bond donors (Lipinski definition) is 0. The minimum atomic E-state index is -3.02. The van der Waals surface area contributed by atoms with E-state index in [0.717, 1.165) is 6.54 Å². The summed E-state index contributed by atoms with van der Waals surface area (Å²) in [6, 6.07) is 0. The number of unbranched alkanes of at least 4 members (excludes halogenated alkanes) is 1. The van der Waals surface area contributed by atoms with E-state index in [9.17, 15) is 14.2 Å². The number of fused-ring (bicyclic) bond motifs is 1. The molecule has 0 bridgehead atoms. The second kappa shape index (κ2) is 8.76. The predicted octanol–water partition coefficient (Wildman–Crippen LogP) is 2.35.